The van der Waals surface area contributed by atoms with Crippen molar-refractivity contribution in [3.63, 3.8) is 0 Å². The van der Waals surface area contributed by atoms with Crippen molar-refractivity contribution in [3.05, 3.63) is 54.0 Å². The summed E-state index contributed by atoms with van der Waals surface area (Å²) in [6.07, 6.45) is -2.57. The lowest BCUT2D eigenvalue weighted by Gasteiger charge is -2.30. The predicted octanol–water partition coefficient (Wildman–Crippen LogP) is 4.54. The van der Waals surface area contributed by atoms with Crippen molar-refractivity contribution >= 4 is 29.0 Å². The van der Waals surface area contributed by atoms with Crippen LogP contribution in [0.3, 0.4) is 0 Å². The normalized spacial score (nSPS) is 17.6. The van der Waals surface area contributed by atoms with Gasteiger partial charge in [0.15, 0.2) is 23.0 Å². The van der Waals surface area contributed by atoms with Gasteiger partial charge in [-0.3, -0.25) is 9.30 Å². The average Bonchev–Trinajstić information content (AvgIpc) is 3.39. The number of likely N-dealkylation sites (tertiary alicyclic amines) is 1. The quantitative estimate of drug-likeness (QED) is 0.397. The molecule has 0 radical (unpaired) electrons. The number of benzene rings is 1. The Kier molecular flexibility index (Phi) is 6.85. The van der Waals surface area contributed by atoms with Crippen LogP contribution in [-0.2, 0) is 0 Å². The molecule has 7 nitrogen and oxygen atoms in total. The number of hydrogen-bond acceptors (Lipinski definition) is 6. The zero-order valence-corrected chi connectivity index (χ0v) is 19.5. The first kappa shape index (κ1) is 25.1. The van der Waals surface area contributed by atoms with Crippen LogP contribution in [0.25, 0.3) is 28.1 Å². The lowest BCUT2D eigenvalue weighted by Crippen LogP contribution is -2.38. The van der Waals surface area contributed by atoms with Crippen LogP contribution >= 0.6 is 12.4 Å². The summed E-state index contributed by atoms with van der Waals surface area (Å²) >= 11 is 0. The van der Waals surface area contributed by atoms with E-state index in [4.69, 9.17) is 10.5 Å². The number of pyridine rings is 2. The molecule has 5 rings (SSSR count). The molecule has 1 aliphatic rings. The van der Waals surface area contributed by atoms with Crippen LogP contribution < -0.4 is 10.5 Å². The molecular formula is C23H23ClF4N6O. The Bertz CT molecular complexity index is 1360. The topological polar surface area (TPSA) is 81.6 Å². The summed E-state index contributed by atoms with van der Waals surface area (Å²) in [5.74, 6) is -0.147. The van der Waals surface area contributed by atoms with Gasteiger partial charge in [-0.2, -0.15) is 13.2 Å². The first-order valence-corrected chi connectivity index (χ1v) is 10.9. The second kappa shape index (κ2) is 9.56. The molecule has 3 aromatic heterocycles. The zero-order valence-electron chi connectivity index (χ0n) is 18.7. The number of halogens is 5. The summed E-state index contributed by atoms with van der Waals surface area (Å²) in [5, 5.41) is 8.79. The zero-order chi connectivity index (χ0) is 24.0. The van der Waals surface area contributed by atoms with Crippen molar-refractivity contribution in [1.82, 2.24) is 24.5 Å². The average molecular weight is 511 g/mol. The number of alkyl halides is 3. The molecule has 0 saturated carbocycles. The van der Waals surface area contributed by atoms with E-state index in [9.17, 15) is 17.6 Å². The van der Waals surface area contributed by atoms with Crippen LogP contribution in [-0.4, -0.2) is 56.4 Å². The van der Waals surface area contributed by atoms with Gasteiger partial charge < -0.3 is 10.5 Å². The van der Waals surface area contributed by atoms with E-state index in [1.54, 1.807) is 19.1 Å². The molecule has 1 saturated heterocycles. The molecule has 1 aromatic carbocycles. The molecule has 2 atom stereocenters. The van der Waals surface area contributed by atoms with E-state index in [1.807, 2.05) is 0 Å². The van der Waals surface area contributed by atoms with E-state index in [1.165, 1.54) is 39.8 Å². The van der Waals surface area contributed by atoms with E-state index in [-0.39, 0.29) is 48.7 Å². The van der Waals surface area contributed by atoms with E-state index >= 15 is 0 Å². The van der Waals surface area contributed by atoms with Crippen molar-refractivity contribution in [2.45, 2.75) is 31.6 Å². The Labute approximate surface area is 204 Å². The number of nitrogens with two attached hydrogens (primary N) is 1. The lowest BCUT2D eigenvalue weighted by molar-refractivity contribution is -0.183. The number of aromatic nitrogens is 4. The summed E-state index contributed by atoms with van der Waals surface area (Å²) in [4.78, 5) is 5.90. The molecule has 4 aromatic rings. The van der Waals surface area contributed by atoms with Gasteiger partial charge in [-0.15, -0.1) is 22.6 Å². The van der Waals surface area contributed by atoms with Crippen LogP contribution in [0, 0.1) is 5.82 Å². The second-order valence-electron chi connectivity index (χ2n) is 8.31. The lowest BCUT2D eigenvalue weighted by atomic mass is 10.1. The van der Waals surface area contributed by atoms with Gasteiger partial charge in [0.05, 0.1) is 12.1 Å². The monoisotopic (exact) mass is 510 g/mol. The third-order valence-electron chi connectivity index (χ3n) is 5.94. The molecule has 0 bridgehead atoms. The Morgan fingerprint density at radius 3 is 2.66 bits per heavy atom. The van der Waals surface area contributed by atoms with Crippen molar-refractivity contribution in [2.24, 2.45) is 5.73 Å². The first-order valence-electron chi connectivity index (χ1n) is 10.9. The first-order chi connectivity index (χ1) is 16.2. The van der Waals surface area contributed by atoms with Crippen LogP contribution in [0.4, 0.5) is 17.6 Å². The van der Waals surface area contributed by atoms with Crippen molar-refractivity contribution < 1.29 is 22.3 Å². The highest BCUT2D eigenvalue weighted by molar-refractivity contribution is 5.85. The molecule has 1 aliphatic heterocycles. The highest BCUT2D eigenvalue weighted by Crippen LogP contribution is 2.39. The van der Waals surface area contributed by atoms with Gasteiger partial charge in [-0.25, -0.2) is 9.37 Å². The van der Waals surface area contributed by atoms with Crippen LogP contribution in [0.2, 0.25) is 0 Å². The molecule has 0 aliphatic carbocycles. The number of ether oxygens (including phenoxy) is 1. The molecule has 4 heterocycles. The third-order valence-corrected chi connectivity index (χ3v) is 5.94. The summed E-state index contributed by atoms with van der Waals surface area (Å²) < 4.78 is 63.2. The molecule has 12 heteroatoms. The van der Waals surface area contributed by atoms with E-state index in [2.05, 4.69) is 15.2 Å². The van der Waals surface area contributed by atoms with Crippen LogP contribution in [0.15, 0.2) is 42.6 Å². The SMILES string of the molecule is CCOc1cc2nc(-c3nnc4ccc([C@@H](N5CC[C@H](N)C5)C(F)(F)F)cn34)ccc2cc1F.Cl. The smallest absolute Gasteiger partial charge is 0.408 e. The Hall–Kier alpha value is -3.02. The minimum absolute atomic E-state index is 0. The molecule has 0 amide bonds. The maximum Gasteiger partial charge on any atom is 0.408 e. The summed E-state index contributed by atoms with van der Waals surface area (Å²) in [5.41, 5.74) is 7.17. The van der Waals surface area contributed by atoms with Gasteiger partial charge in [0.2, 0.25) is 0 Å². The van der Waals surface area contributed by atoms with Crippen molar-refractivity contribution in [1.29, 1.82) is 0 Å². The predicted molar refractivity (Wildman–Crippen MR) is 125 cm³/mol. The fraction of sp³-hybridized carbons (Fsp3) is 0.348. The highest BCUT2D eigenvalue weighted by Gasteiger charge is 2.46. The second-order valence-corrected chi connectivity index (χ2v) is 8.31. The fourth-order valence-corrected chi connectivity index (χ4v) is 4.42. The highest BCUT2D eigenvalue weighted by atomic mass is 35.5. The minimum atomic E-state index is -4.48. The Balaban J connectivity index is 0.00000289. The fourth-order valence-electron chi connectivity index (χ4n) is 4.42. The van der Waals surface area contributed by atoms with Crippen LogP contribution in [0.5, 0.6) is 5.75 Å². The van der Waals surface area contributed by atoms with Gasteiger partial charge in [0.1, 0.15) is 11.7 Å². The molecule has 0 unspecified atom stereocenters. The van der Waals surface area contributed by atoms with Gasteiger partial charge in [0.25, 0.3) is 0 Å². The standard InChI is InChI=1S/C23H22F4N6O.ClH/c1-2-34-19-10-18-13(9-16(19)24)3-5-17(29-18)22-31-30-20-6-4-14(11-33(20)22)21(23(25,26)27)32-8-7-15(28)12-32;/h3-6,9-11,15,21H,2,7-8,12,28H2,1H3;1H/t15-,21+;/m0./s1. The van der Waals surface area contributed by atoms with Gasteiger partial charge in [-0.05, 0) is 37.1 Å². The molecular weight excluding hydrogens is 488 g/mol. The van der Waals surface area contributed by atoms with Gasteiger partial charge in [-0.1, -0.05) is 12.1 Å². The molecule has 186 valence electrons. The number of hydrogen-bond donors (Lipinski definition) is 1. The maximum absolute atomic E-state index is 14.2. The summed E-state index contributed by atoms with van der Waals surface area (Å²) in [6.45, 7) is 2.48. The third kappa shape index (κ3) is 4.75. The van der Waals surface area contributed by atoms with E-state index in [0.717, 1.165) is 0 Å². The summed E-state index contributed by atoms with van der Waals surface area (Å²) in [6, 6.07) is 6.96. The van der Waals surface area contributed by atoms with E-state index in [0.29, 0.717) is 35.3 Å². The Morgan fingerprint density at radius 1 is 1.17 bits per heavy atom. The molecule has 0 spiro atoms. The minimum Gasteiger partial charge on any atom is -0.491 e. The van der Waals surface area contributed by atoms with E-state index < -0.39 is 18.0 Å². The largest absolute Gasteiger partial charge is 0.491 e. The number of nitrogens with zero attached hydrogens (tertiary/aromatic N) is 5. The number of fused-ring (bicyclic) bond motifs is 2. The number of rotatable bonds is 5. The van der Waals surface area contributed by atoms with Gasteiger partial charge >= 0.3 is 6.18 Å². The van der Waals surface area contributed by atoms with Crippen LogP contribution in [0.1, 0.15) is 24.9 Å². The summed E-state index contributed by atoms with van der Waals surface area (Å²) in [7, 11) is 0. The Morgan fingerprint density at radius 2 is 1.97 bits per heavy atom. The molecule has 1 fully saturated rings. The van der Waals surface area contributed by atoms with Crippen molar-refractivity contribution in [3.8, 4) is 17.3 Å². The van der Waals surface area contributed by atoms with Crippen molar-refractivity contribution in [2.75, 3.05) is 19.7 Å². The maximum atomic E-state index is 14.2. The van der Waals surface area contributed by atoms with Gasteiger partial charge in [0, 0.05) is 36.8 Å². The molecule has 35 heavy (non-hydrogen) atoms. The molecule has 2 N–H and O–H groups in total.